The Hall–Kier alpha value is -1.80. The van der Waals surface area contributed by atoms with Gasteiger partial charge >= 0.3 is 0 Å². The van der Waals surface area contributed by atoms with E-state index in [0.29, 0.717) is 12.0 Å². The standard InChI is InChI=1S/C16H25N7O/c1-21(7-8-23-12-17-11-18-23)14-3-2-6-22(9-14)10-15-19-16(24-20-15)13-4-5-13/h11-14H,2-10H2,1H3/t14-/m1/s1. The van der Waals surface area contributed by atoms with E-state index >= 15 is 0 Å². The van der Waals surface area contributed by atoms with Gasteiger partial charge in [0.25, 0.3) is 0 Å². The molecule has 4 rings (SSSR count). The lowest BCUT2D eigenvalue weighted by Gasteiger charge is -2.37. The summed E-state index contributed by atoms with van der Waals surface area (Å²) in [6, 6.07) is 0.567. The molecular weight excluding hydrogens is 306 g/mol. The third kappa shape index (κ3) is 3.81. The van der Waals surface area contributed by atoms with Crippen LogP contribution in [0.15, 0.2) is 17.2 Å². The molecule has 2 fully saturated rings. The number of aromatic nitrogens is 5. The molecule has 1 saturated heterocycles. The average molecular weight is 331 g/mol. The molecule has 1 saturated carbocycles. The Kier molecular flexibility index (Phi) is 4.57. The van der Waals surface area contributed by atoms with Gasteiger partial charge in [0.1, 0.15) is 12.7 Å². The summed E-state index contributed by atoms with van der Waals surface area (Å²) in [5.74, 6) is 2.20. The van der Waals surface area contributed by atoms with E-state index < -0.39 is 0 Å². The van der Waals surface area contributed by atoms with Crippen molar-refractivity contribution in [3.63, 3.8) is 0 Å². The van der Waals surface area contributed by atoms with E-state index in [1.807, 2.05) is 4.68 Å². The van der Waals surface area contributed by atoms with Crippen LogP contribution in [0.4, 0.5) is 0 Å². The molecule has 130 valence electrons. The number of piperidine rings is 1. The first kappa shape index (κ1) is 15.7. The van der Waals surface area contributed by atoms with Gasteiger partial charge in [-0.15, -0.1) is 0 Å². The fourth-order valence-electron chi connectivity index (χ4n) is 3.35. The second-order valence-corrected chi connectivity index (χ2v) is 6.99. The molecule has 0 bridgehead atoms. The highest BCUT2D eigenvalue weighted by Gasteiger charge is 2.30. The maximum Gasteiger partial charge on any atom is 0.229 e. The summed E-state index contributed by atoms with van der Waals surface area (Å²) in [6.45, 7) is 4.82. The molecule has 2 aliphatic rings. The van der Waals surface area contributed by atoms with Gasteiger partial charge in [-0.2, -0.15) is 10.1 Å². The number of nitrogens with zero attached hydrogens (tertiary/aromatic N) is 7. The van der Waals surface area contributed by atoms with Crippen LogP contribution in [0.25, 0.3) is 0 Å². The molecule has 2 aromatic heterocycles. The van der Waals surface area contributed by atoms with Gasteiger partial charge in [0.05, 0.1) is 13.1 Å². The lowest BCUT2D eigenvalue weighted by atomic mass is 10.0. The molecule has 24 heavy (non-hydrogen) atoms. The minimum atomic E-state index is 0.531. The summed E-state index contributed by atoms with van der Waals surface area (Å²) in [4.78, 5) is 13.4. The Balaban J connectivity index is 1.27. The number of likely N-dealkylation sites (tertiary alicyclic amines) is 1. The van der Waals surface area contributed by atoms with Gasteiger partial charge in [-0.05, 0) is 39.3 Å². The first-order chi connectivity index (χ1) is 11.8. The largest absolute Gasteiger partial charge is 0.339 e. The van der Waals surface area contributed by atoms with E-state index in [-0.39, 0.29) is 0 Å². The Morgan fingerprint density at radius 2 is 2.25 bits per heavy atom. The Morgan fingerprint density at radius 1 is 1.33 bits per heavy atom. The second-order valence-electron chi connectivity index (χ2n) is 6.99. The molecule has 8 nitrogen and oxygen atoms in total. The van der Waals surface area contributed by atoms with Gasteiger partial charge in [-0.1, -0.05) is 5.16 Å². The van der Waals surface area contributed by atoms with Crippen LogP contribution in [0.3, 0.4) is 0 Å². The predicted octanol–water partition coefficient (Wildman–Crippen LogP) is 1.13. The summed E-state index contributed by atoms with van der Waals surface area (Å²) in [5.41, 5.74) is 0. The Bertz CT molecular complexity index is 637. The van der Waals surface area contributed by atoms with Crippen LogP contribution >= 0.6 is 0 Å². The van der Waals surface area contributed by atoms with E-state index in [9.17, 15) is 0 Å². The third-order valence-corrected chi connectivity index (χ3v) is 5.03. The van der Waals surface area contributed by atoms with Crippen LogP contribution in [-0.4, -0.2) is 67.4 Å². The molecule has 1 atom stereocenters. The van der Waals surface area contributed by atoms with Crippen molar-refractivity contribution in [2.75, 3.05) is 26.7 Å². The zero-order valence-electron chi connectivity index (χ0n) is 14.2. The molecule has 3 heterocycles. The quantitative estimate of drug-likeness (QED) is 0.753. The maximum absolute atomic E-state index is 5.37. The van der Waals surface area contributed by atoms with Crippen LogP contribution in [0, 0.1) is 0 Å². The highest BCUT2D eigenvalue weighted by Crippen LogP contribution is 2.38. The molecule has 1 aliphatic heterocycles. The second kappa shape index (κ2) is 6.98. The van der Waals surface area contributed by atoms with Crippen LogP contribution in [0.1, 0.15) is 43.3 Å². The first-order valence-corrected chi connectivity index (χ1v) is 8.85. The number of rotatable bonds is 7. The van der Waals surface area contributed by atoms with Crippen LogP contribution in [0.5, 0.6) is 0 Å². The Labute approximate surface area is 141 Å². The van der Waals surface area contributed by atoms with Gasteiger partial charge in [-0.25, -0.2) is 4.98 Å². The lowest BCUT2D eigenvalue weighted by molar-refractivity contribution is 0.106. The number of hydrogen-bond donors (Lipinski definition) is 0. The molecule has 0 spiro atoms. The van der Waals surface area contributed by atoms with E-state index in [0.717, 1.165) is 44.4 Å². The minimum Gasteiger partial charge on any atom is -0.339 e. The summed E-state index contributed by atoms with van der Waals surface area (Å²) in [5, 5.41) is 8.32. The van der Waals surface area contributed by atoms with Gasteiger partial charge in [0.2, 0.25) is 5.89 Å². The summed E-state index contributed by atoms with van der Waals surface area (Å²) in [7, 11) is 2.20. The van der Waals surface area contributed by atoms with Crippen molar-refractivity contribution >= 4 is 0 Å². The predicted molar refractivity (Wildman–Crippen MR) is 87.2 cm³/mol. The molecule has 8 heteroatoms. The smallest absolute Gasteiger partial charge is 0.229 e. The van der Waals surface area contributed by atoms with Crippen molar-refractivity contribution in [2.45, 2.75) is 50.7 Å². The average Bonchev–Trinajstić information content (AvgIpc) is 3.12. The van der Waals surface area contributed by atoms with Gasteiger partial charge in [0.15, 0.2) is 5.82 Å². The monoisotopic (exact) mass is 331 g/mol. The molecular formula is C16H25N7O. The van der Waals surface area contributed by atoms with Gasteiger partial charge in [-0.3, -0.25) is 9.58 Å². The van der Waals surface area contributed by atoms with Crippen molar-refractivity contribution in [1.82, 2.24) is 34.7 Å². The van der Waals surface area contributed by atoms with E-state index in [1.165, 1.54) is 25.7 Å². The molecule has 0 N–H and O–H groups in total. The van der Waals surface area contributed by atoms with Crippen LogP contribution in [0.2, 0.25) is 0 Å². The van der Waals surface area contributed by atoms with Crippen molar-refractivity contribution < 1.29 is 4.52 Å². The Morgan fingerprint density at radius 3 is 3.04 bits per heavy atom. The molecule has 2 aromatic rings. The van der Waals surface area contributed by atoms with Crippen LogP contribution < -0.4 is 0 Å². The van der Waals surface area contributed by atoms with Crippen molar-refractivity contribution in [3.8, 4) is 0 Å². The van der Waals surface area contributed by atoms with Crippen molar-refractivity contribution in [1.29, 1.82) is 0 Å². The third-order valence-electron chi connectivity index (χ3n) is 5.03. The fourth-order valence-corrected chi connectivity index (χ4v) is 3.35. The van der Waals surface area contributed by atoms with Gasteiger partial charge < -0.3 is 9.42 Å². The molecule has 0 radical (unpaired) electrons. The summed E-state index contributed by atoms with van der Waals surface area (Å²) in [6.07, 6.45) is 8.21. The zero-order valence-corrected chi connectivity index (χ0v) is 14.2. The summed E-state index contributed by atoms with van der Waals surface area (Å²) >= 11 is 0. The molecule has 0 amide bonds. The fraction of sp³-hybridized carbons (Fsp3) is 0.750. The zero-order chi connectivity index (χ0) is 16.4. The molecule has 0 unspecified atom stereocenters. The molecule has 0 aromatic carbocycles. The molecule has 1 aliphatic carbocycles. The maximum atomic E-state index is 5.37. The van der Waals surface area contributed by atoms with Gasteiger partial charge in [0, 0.05) is 25.0 Å². The number of likely N-dealkylation sites (N-methyl/N-ethyl adjacent to an activating group) is 1. The van der Waals surface area contributed by atoms with Crippen LogP contribution in [-0.2, 0) is 13.1 Å². The van der Waals surface area contributed by atoms with Crippen molar-refractivity contribution in [3.05, 3.63) is 24.4 Å². The first-order valence-electron chi connectivity index (χ1n) is 8.85. The summed E-state index contributed by atoms with van der Waals surface area (Å²) < 4.78 is 7.26. The van der Waals surface area contributed by atoms with E-state index in [1.54, 1.807) is 12.7 Å². The van der Waals surface area contributed by atoms with E-state index in [2.05, 4.69) is 37.1 Å². The SMILES string of the molecule is CN(CCn1cncn1)[C@@H]1CCCN(Cc2noc(C3CC3)n2)C1. The highest BCUT2D eigenvalue weighted by molar-refractivity contribution is 5.01. The van der Waals surface area contributed by atoms with E-state index in [4.69, 9.17) is 4.52 Å². The number of hydrogen-bond acceptors (Lipinski definition) is 7. The minimum absolute atomic E-state index is 0.531. The topological polar surface area (TPSA) is 76.1 Å². The highest BCUT2D eigenvalue weighted by atomic mass is 16.5. The lowest BCUT2D eigenvalue weighted by Crippen LogP contribution is -2.47. The normalized spacial score (nSPS) is 22.3. The van der Waals surface area contributed by atoms with Crippen molar-refractivity contribution in [2.24, 2.45) is 0 Å².